The molecule has 0 N–H and O–H groups in total. The van der Waals surface area contributed by atoms with Gasteiger partial charge in [-0.25, -0.2) is 0 Å². The third-order valence-electron chi connectivity index (χ3n) is 1.31. The lowest BCUT2D eigenvalue weighted by Crippen LogP contribution is -2.07. The van der Waals surface area contributed by atoms with Crippen molar-refractivity contribution in [1.82, 2.24) is 0 Å². The molecule has 0 rings (SSSR count). The van der Waals surface area contributed by atoms with E-state index in [1.807, 2.05) is 0 Å². The van der Waals surface area contributed by atoms with Crippen LogP contribution in [0, 0.1) is 0 Å². The van der Waals surface area contributed by atoms with Crippen molar-refractivity contribution in [1.29, 1.82) is 0 Å². The summed E-state index contributed by atoms with van der Waals surface area (Å²) >= 11 is 0. The van der Waals surface area contributed by atoms with E-state index in [9.17, 15) is 0 Å². The Kier molecular flexibility index (Phi) is 6.60. The second kappa shape index (κ2) is 7.68. The number of hydrogen-bond donors (Lipinski definition) is 0. The van der Waals surface area contributed by atoms with E-state index < -0.39 is 0 Å². The van der Waals surface area contributed by atoms with E-state index >= 15 is 0 Å². The average Bonchev–Trinajstić information content (AvgIpc) is 2.21. The Labute approximate surface area is 85.1 Å². The molecule has 72 valence electrons. The van der Waals surface area contributed by atoms with Crippen molar-refractivity contribution >= 4 is 11.4 Å². The summed E-state index contributed by atoms with van der Waals surface area (Å²) in [4.78, 5) is 8.06. The van der Waals surface area contributed by atoms with E-state index in [1.165, 1.54) is 12.4 Å². The lowest BCUT2D eigenvalue weighted by atomic mass is 10.2. The fraction of sp³-hybridized carbons (Fsp3) is 0. The third-order valence-corrected chi connectivity index (χ3v) is 1.31. The first-order valence-corrected chi connectivity index (χ1v) is 4.09. The van der Waals surface area contributed by atoms with Crippen molar-refractivity contribution in [3.8, 4) is 0 Å². The molecule has 0 saturated heterocycles. The summed E-state index contributed by atoms with van der Waals surface area (Å²) < 4.78 is 0. The lowest BCUT2D eigenvalue weighted by Gasteiger charge is -1.97. The van der Waals surface area contributed by atoms with E-state index in [-0.39, 0.29) is 0 Å². The monoisotopic (exact) mass is 186 g/mol. The highest BCUT2D eigenvalue weighted by Crippen LogP contribution is 1.93. The van der Waals surface area contributed by atoms with Crippen molar-refractivity contribution in [2.45, 2.75) is 0 Å². The molecule has 0 aromatic heterocycles. The van der Waals surface area contributed by atoms with E-state index in [1.54, 1.807) is 24.3 Å². The van der Waals surface area contributed by atoms with Gasteiger partial charge in [0.15, 0.2) is 0 Å². The Morgan fingerprint density at radius 3 is 1.86 bits per heavy atom. The molecule has 0 saturated carbocycles. The van der Waals surface area contributed by atoms with Crippen LogP contribution in [0.4, 0.5) is 0 Å². The van der Waals surface area contributed by atoms with Crippen molar-refractivity contribution in [2.24, 2.45) is 9.98 Å². The Morgan fingerprint density at radius 2 is 1.43 bits per heavy atom. The van der Waals surface area contributed by atoms with Gasteiger partial charge in [-0.3, -0.25) is 9.98 Å². The topological polar surface area (TPSA) is 24.7 Å². The molecule has 0 spiro atoms. The Hall–Kier alpha value is -1.96. The molecule has 0 aromatic carbocycles. The van der Waals surface area contributed by atoms with Gasteiger partial charge in [0.1, 0.15) is 0 Å². The molecule has 0 heterocycles. The number of allylic oxidation sites excluding steroid dienone is 4. The van der Waals surface area contributed by atoms with Gasteiger partial charge in [0, 0.05) is 12.4 Å². The van der Waals surface area contributed by atoms with Crippen LogP contribution in [0.25, 0.3) is 0 Å². The summed E-state index contributed by atoms with van der Waals surface area (Å²) in [5.74, 6) is 0. The van der Waals surface area contributed by atoms with Crippen LogP contribution in [-0.2, 0) is 0 Å². The highest BCUT2D eigenvalue weighted by molar-refractivity contribution is 6.50. The van der Waals surface area contributed by atoms with E-state index in [2.05, 4.69) is 36.3 Å². The van der Waals surface area contributed by atoms with Crippen LogP contribution in [0.5, 0.6) is 0 Å². The van der Waals surface area contributed by atoms with Crippen molar-refractivity contribution in [2.75, 3.05) is 0 Å². The normalized spacial score (nSPS) is 12.6. The number of aliphatic imine (C=N–C) groups is 2. The van der Waals surface area contributed by atoms with Crippen molar-refractivity contribution in [3.05, 3.63) is 63.0 Å². The molecule has 0 aromatic rings. The van der Waals surface area contributed by atoms with Crippen LogP contribution in [0.2, 0.25) is 0 Å². The van der Waals surface area contributed by atoms with Crippen LogP contribution >= 0.6 is 0 Å². The second-order valence-electron chi connectivity index (χ2n) is 2.19. The van der Waals surface area contributed by atoms with Crippen molar-refractivity contribution < 1.29 is 0 Å². The number of nitrogens with zero attached hydrogens (tertiary/aromatic N) is 2. The van der Waals surface area contributed by atoms with Gasteiger partial charge in [0.2, 0.25) is 0 Å². The molecule has 0 bridgehead atoms. The number of rotatable bonds is 6. The van der Waals surface area contributed by atoms with E-state index in [0.717, 1.165) is 0 Å². The minimum absolute atomic E-state index is 0.651. The first-order valence-electron chi connectivity index (χ1n) is 4.09. The molecule has 2 nitrogen and oxygen atoms in total. The van der Waals surface area contributed by atoms with Crippen LogP contribution < -0.4 is 0 Å². The highest BCUT2D eigenvalue weighted by atomic mass is 14.8. The zero-order chi connectivity index (χ0) is 10.8. The molecule has 0 radical (unpaired) electrons. The molecule has 0 amide bonds. The Bertz CT molecular complexity index is 317. The summed E-state index contributed by atoms with van der Waals surface area (Å²) in [5, 5.41) is 0. The molecule has 0 fully saturated rings. The van der Waals surface area contributed by atoms with Gasteiger partial charge in [-0.1, -0.05) is 38.5 Å². The van der Waals surface area contributed by atoms with E-state index in [4.69, 9.17) is 0 Å². The molecule has 0 aliphatic carbocycles. The Morgan fingerprint density at radius 1 is 0.857 bits per heavy atom. The maximum Gasteiger partial charge on any atom is 0.0885 e. The fourth-order valence-corrected chi connectivity index (χ4v) is 0.774. The molecule has 0 atom stereocenters. The molecule has 0 aliphatic heterocycles. The standard InChI is InChI=1S/C12H14N2/c1-5-9-10-12(14-8-4)11(6-2)13-7-3/h5-10H,1-4H2/b10-9-,13-11?,14-12?. The second-order valence-corrected chi connectivity index (χ2v) is 2.19. The van der Waals surface area contributed by atoms with Gasteiger partial charge in [-0.05, 0) is 12.2 Å². The van der Waals surface area contributed by atoms with Crippen LogP contribution in [0.1, 0.15) is 0 Å². The highest BCUT2D eigenvalue weighted by Gasteiger charge is 1.98. The van der Waals surface area contributed by atoms with Gasteiger partial charge in [-0.2, -0.15) is 0 Å². The quantitative estimate of drug-likeness (QED) is 0.450. The summed E-state index contributed by atoms with van der Waals surface area (Å²) in [6.45, 7) is 14.2. The lowest BCUT2D eigenvalue weighted by molar-refractivity contribution is 1.56. The zero-order valence-corrected chi connectivity index (χ0v) is 8.19. The summed E-state index contributed by atoms with van der Waals surface area (Å²) in [5.41, 5.74) is 1.33. The summed E-state index contributed by atoms with van der Waals surface area (Å²) in [7, 11) is 0. The van der Waals surface area contributed by atoms with E-state index in [0.29, 0.717) is 11.4 Å². The van der Waals surface area contributed by atoms with Gasteiger partial charge in [0.25, 0.3) is 0 Å². The minimum Gasteiger partial charge on any atom is -0.255 e. The Balaban J connectivity index is 5.07. The molecule has 0 aliphatic rings. The molecular formula is C12H14N2. The predicted molar refractivity (Wildman–Crippen MR) is 64.8 cm³/mol. The van der Waals surface area contributed by atoms with Crippen LogP contribution in [0.15, 0.2) is 73.0 Å². The smallest absolute Gasteiger partial charge is 0.0885 e. The van der Waals surface area contributed by atoms with Gasteiger partial charge >= 0.3 is 0 Å². The van der Waals surface area contributed by atoms with Crippen molar-refractivity contribution in [3.63, 3.8) is 0 Å². The molecule has 0 unspecified atom stereocenters. The van der Waals surface area contributed by atoms with Gasteiger partial charge in [-0.15, -0.1) is 0 Å². The van der Waals surface area contributed by atoms with Crippen LogP contribution in [0.3, 0.4) is 0 Å². The van der Waals surface area contributed by atoms with Crippen LogP contribution in [-0.4, -0.2) is 11.4 Å². The summed E-state index contributed by atoms with van der Waals surface area (Å²) in [6.07, 6.45) is 9.70. The average molecular weight is 186 g/mol. The minimum atomic E-state index is 0.651. The molecule has 2 heteroatoms. The predicted octanol–water partition coefficient (Wildman–Crippen LogP) is 3.08. The van der Waals surface area contributed by atoms with Gasteiger partial charge < -0.3 is 0 Å². The SMILES string of the molecule is C=C/C=C\C(=NC=C)C(C=C)=NC=C. The first-order chi connectivity index (χ1) is 6.79. The first kappa shape index (κ1) is 12.0. The third kappa shape index (κ3) is 4.16. The van der Waals surface area contributed by atoms with Gasteiger partial charge in [0.05, 0.1) is 11.4 Å². The fourth-order valence-electron chi connectivity index (χ4n) is 0.774. The largest absolute Gasteiger partial charge is 0.255 e. The number of hydrogen-bond acceptors (Lipinski definition) is 2. The summed E-state index contributed by atoms with van der Waals surface area (Å²) in [6, 6.07) is 0. The molecule has 14 heavy (non-hydrogen) atoms. The maximum atomic E-state index is 4.05. The molecular weight excluding hydrogens is 172 g/mol. The zero-order valence-electron chi connectivity index (χ0n) is 8.19. The maximum absolute atomic E-state index is 4.05.